The van der Waals surface area contributed by atoms with E-state index in [4.69, 9.17) is 4.74 Å². The molecule has 3 heterocycles. The first-order valence-electron chi connectivity index (χ1n) is 7.99. The van der Waals surface area contributed by atoms with Gasteiger partial charge < -0.3 is 9.14 Å². The van der Waals surface area contributed by atoms with E-state index in [0.717, 1.165) is 28.0 Å². The number of esters is 1. The Hall–Kier alpha value is -3.40. The van der Waals surface area contributed by atoms with E-state index in [1.165, 1.54) is 7.11 Å². The number of ether oxygens (including phenoxy) is 1. The van der Waals surface area contributed by atoms with Crippen LogP contribution in [0.2, 0.25) is 0 Å². The zero-order chi connectivity index (χ0) is 17.2. The van der Waals surface area contributed by atoms with Crippen LogP contribution in [0.25, 0.3) is 28.0 Å². The highest BCUT2D eigenvalue weighted by molar-refractivity contribution is 6.05. The summed E-state index contributed by atoms with van der Waals surface area (Å²) < 4.78 is 7.04. The predicted octanol–water partition coefficient (Wildman–Crippen LogP) is 4.45. The molecule has 0 aliphatic rings. The summed E-state index contributed by atoms with van der Waals surface area (Å²) in [7, 11) is 1.41. The van der Waals surface area contributed by atoms with Crippen molar-refractivity contribution in [2.75, 3.05) is 7.11 Å². The fourth-order valence-corrected chi connectivity index (χ4v) is 3.07. The van der Waals surface area contributed by atoms with Crippen molar-refractivity contribution in [1.82, 2.24) is 9.38 Å². The second-order valence-corrected chi connectivity index (χ2v) is 5.66. The van der Waals surface area contributed by atoms with E-state index in [2.05, 4.69) is 4.98 Å². The van der Waals surface area contributed by atoms with Gasteiger partial charge in [-0.3, -0.25) is 4.98 Å². The topological polar surface area (TPSA) is 43.6 Å². The monoisotopic (exact) mass is 328 g/mol. The van der Waals surface area contributed by atoms with E-state index < -0.39 is 0 Å². The lowest BCUT2D eigenvalue weighted by molar-refractivity contribution is 0.0604. The van der Waals surface area contributed by atoms with Crippen LogP contribution in [0.5, 0.6) is 0 Å². The summed E-state index contributed by atoms with van der Waals surface area (Å²) in [5.41, 5.74) is 4.94. The second kappa shape index (κ2) is 6.24. The van der Waals surface area contributed by atoms with Crippen LogP contribution in [0.1, 0.15) is 10.4 Å². The van der Waals surface area contributed by atoms with E-state index >= 15 is 0 Å². The summed E-state index contributed by atoms with van der Waals surface area (Å²) >= 11 is 0. The molecule has 0 fully saturated rings. The number of rotatable bonds is 3. The maximum Gasteiger partial charge on any atom is 0.340 e. The number of nitrogens with zero attached hydrogens (tertiary/aromatic N) is 2. The average molecular weight is 328 g/mol. The first kappa shape index (κ1) is 15.1. The zero-order valence-corrected chi connectivity index (χ0v) is 13.7. The molecule has 1 aromatic carbocycles. The van der Waals surface area contributed by atoms with Gasteiger partial charge in [-0.25, -0.2) is 4.79 Å². The predicted molar refractivity (Wildman–Crippen MR) is 97.4 cm³/mol. The van der Waals surface area contributed by atoms with Crippen LogP contribution >= 0.6 is 0 Å². The molecule has 4 heteroatoms. The zero-order valence-electron chi connectivity index (χ0n) is 13.7. The molecular weight excluding hydrogens is 312 g/mol. The highest BCUT2D eigenvalue weighted by Gasteiger charge is 2.21. The first-order valence-corrected chi connectivity index (χ1v) is 7.99. The number of fused-ring (bicyclic) bond motifs is 1. The van der Waals surface area contributed by atoms with Gasteiger partial charge in [0.05, 0.1) is 29.6 Å². The van der Waals surface area contributed by atoms with Crippen molar-refractivity contribution >= 4 is 11.5 Å². The van der Waals surface area contributed by atoms with Crippen LogP contribution in [0.15, 0.2) is 79.1 Å². The summed E-state index contributed by atoms with van der Waals surface area (Å²) in [5, 5.41) is 0. The molecular formula is C21H16N2O2. The number of hydrogen-bond acceptors (Lipinski definition) is 3. The van der Waals surface area contributed by atoms with Crippen LogP contribution in [0, 0.1) is 0 Å². The first-order chi connectivity index (χ1) is 12.3. The lowest BCUT2D eigenvalue weighted by Crippen LogP contribution is -2.02. The van der Waals surface area contributed by atoms with Crippen LogP contribution in [0.3, 0.4) is 0 Å². The van der Waals surface area contributed by atoms with Crippen molar-refractivity contribution in [3.05, 3.63) is 84.7 Å². The van der Waals surface area contributed by atoms with Crippen LogP contribution in [-0.2, 0) is 4.74 Å². The molecule has 0 aliphatic carbocycles. The molecule has 0 N–H and O–H groups in total. The maximum atomic E-state index is 12.5. The number of pyridine rings is 2. The van der Waals surface area contributed by atoms with Crippen molar-refractivity contribution < 1.29 is 9.53 Å². The van der Waals surface area contributed by atoms with Crippen molar-refractivity contribution in [2.24, 2.45) is 0 Å². The molecule has 25 heavy (non-hydrogen) atoms. The fraction of sp³-hybridized carbons (Fsp3) is 0.0476. The standard InChI is InChI=1S/C21H16N2O2/c1-25-21(24)20-16(15-8-3-2-4-9-15)14-23-18(11-7-12-19(20)23)17-10-5-6-13-22-17/h2-14H,1H3. The summed E-state index contributed by atoms with van der Waals surface area (Å²) in [6.45, 7) is 0. The quantitative estimate of drug-likeness (QED) is 0.522. The van der Waals surface area contributed by atoms with Gasteiger partial charge in [0.15, 0.2) is 0 Å². The number of benzene rings is 1. The Morgan fingerprint density at radius 1 is 0.960 bits per heavy atom. The van der Waals surface area contributed by atoms with Crippen molar-refractivity contribution in [3.8, 4) is 22.5 Å². The molecule has 4 rings (SSSR count). The number of hydrogen-bond donors (Lipinski definition) is 0. The molecule has 3 aromatic heterocycles. The minimum absolute atomic E-state index is 0.348. The van der Waals surface area contributed by atoms with Gasteiger partial charge in [-0.05, 0) is 29.8 Å². The van der Waals surface area contributed by atoms with Crippen molar-refractivity contribution in [3.63, 3.8) is 0 Å². The smallest absolute Gasteiger partial charge is 0.340 e. The molecule has 0 radical (unpaired) electrons. The summed E-state index contributed by atoms with van der Waals surface area (Å²) in [4.78, 5) is 16.9. The van der Waals surface area contributed by atoms with Gasteiger partial charge in [0.1, 0.15) is 0 Å². The van der Waals surface area contributed by atoms with E-state index in [1.54, 1.807) is 6.20 Å². The molecule has 4 aromatic rings. The van der Waals surface area contributed by atoms with Gasteiger partial charge in [0.2, 0.25) is 0 Å². The molecule has 0 aliphatic heterocycles. The van der Waals surface area contributed by atoms with Crippen molar-refractivity contribution in [2.45, 2.75) is 0 Å². The number of aromatic nitrogens is 2. The average Bonchev–Trinajstić information content (AvgIpc) is 3.08. The van der Waals surface area contributed by atoms with Gasteiger partial charge >= 0.3 is 5.97 Å². The Kier molecular flexibility index (Phi) is 3.78. The molecule has 0 spiro atoms. The minimum Gasteiger partial charge on any atom is -0.465 e. The Balaban J connectivity index is 2.05. The highest BCUT2D eigenvalue weighted by Crippen LogP contribution is 2.32. The third-order valence-electron chi connectivity index (χ3n) is 4.21. The summed E-state index contributed by atoms with van der Waals surface area (Å²) in [5.74, 6) is -0.348. The minimum atomic E-state index is -0.348. The summed E-state index contributed by atoms with van der Waals surface area (Å²) in [6.07, 6.45) is 3.73. The lowest BCUT2D eigenvalue weighted by atomic mass is 10.0. The van der Waals surface area contributed by atoms with E-state index in [0.29, 0.717) is 5.56 Å². The largest absolute Gasteiger partial charge is 0.465 e. The normalized spacial score (nSPS) is 10.8. The Morgan fingerprint density at radius 3 is 2.48 bits per heavy atom. The van der Waals surface area contributed by atoms with Gasteiger partial charge in [0, 0.05) is 18.0 Å². The van der Waals surface area contributed by atoms with Crippen LogP contribution < -0.4 is 0 Å². The number of carbonyl (C=O) groups is 1. The molecule has 0 saturated heterocycles. The molecule has 0 atom stereocenters. The van der Waals surface area contributed by atoms with E-state index in [-0.39, 0.29) is 5.97 Å². The Bertz CT molecular complexity index is 1040. The SMILES string of the molecule is COC(=O)c1c(-c2ccccc2)cn2c(-c3ccccn3)cccc12. The summed E-state index contributed by atoms with van der Waals surface area (Å²) in [6, 6.07) is 21.5. The third-order valence-corrected chi connectivity index (χ3v) is 4.21. The van der Waals surface area contributed by atoms with Crippen LogP contribution in [0.4, 0.5) is 0 Å². The van der Waals surface area contributed by atoms with E-state index in [1.807, 2.05) is 77.3 Å². The Morgan fingerprint density at radius 2 is 1.76 bits per heavy atom. The number of methoxy groups -OCH3 is 1. The fourth-order valence-electron chi connectivity index (χ4n) is 3.07. The molecule has 0 saturated carbocycles. The van der Waals surface area contributed by atoms with Gasteiger partial charge in [-0.2, -0.15) is 0 Å². The van der Waals surface area contributed by atoms with Gasteiger partial charge in [-0.15, -0.1) is 0 Å². The highest BCUT2D eigenvalue weighted by atomic mass is 16.5. The molecule has 0 bridgehead atoms. The van der Waals surface area contributed by atoms with Crippen LogP contribution in [-0.4, -0.2) is 22.5 Å². The molecule has 4 nitrogen and oxygen atoms in total. The number of carbonyl (C=O) groups excluding carboxylic acids is 1. The molecule has 0 amide bonds. The van der Waals surface area contributed by atoms with E-state index in [9.17, 15) is 4.79 Å². The van der Waals surface area contributed by atoms with Gasteiger partial charge in [-0.1, -0.05) is 42.5 Å². The lowest BCUT2D eigenvalue weighted by Gasteiger charge is -2.06. The van der Waals surface area contributed by atoms with Gasteiger partial charge in [0.25, 0.3) is 0 Å². The third kappa shape index (κ3) is 2.58. The molecule has 0 unspecified atom stereocenters. The second-order valence-electron chi connectivity index (χ2n) is 5.66. The Labute approximate surface area is 145 Å². The van der Waals surface area contributed by atoms with Crippen molar-refractivity contribution in [1.29, 1.82) is 0 Å². The molecule has 122 valence electrons. The maximum absolute atomic E-state index is 12.5.